The number of anilines is 1. The molecule has 0 amide bonds. The quantitative estimate of drug-likeness (QED) is 0.813. The fraction of sp³-hybridized carbons (Fsp3) is 0.500. The standard InChI is InChI=1S/C10H12N2O3S/c1-6(13)8-7(9(14)15)11-10(16-8)12-4-2-3-5-12/h2-5H2,1H3,(H,14,15). The topological polar surface area (TPSA) is 70.5 Å². The lowest BCUT2D eigenvalue weighted by Crippen LogP contribution is -2.17. The summed E-state index contributed by atoms with van der Waals surface area (Å²) in [6, 6.07) is 0. The first-order valence-corrected chi connectivity index (χ1v) is 5.91. The van der Waals surface area contributed by atoms with Gasteiger partial charge in [0.25, 0.3) is 0 Å². The number of carbonyl (C=O) groups excluding carboxylic acids is 1. The minimum Gasteiger partial charge on any atom is -0.476 e. The Hall–Kier alpha value is -1.43. The van der Waals surface area contributed by atoms with Gasteiger partial charge in [0, 0.05) is 20.0 Å². The van der Waals surface area contributed by atoms with Gasteiger partial charge in [-0.2, -0.15) is 0 Å². The molecule has 5 nitrogen and oxygen atoms in total. The zero-order chi connectivity index (χ0) is 11.7. The molecule has 1 aliphatic rings. The van der Waals surface area contributed by atoms with E-state index in [-0.39, 0.29) is 16.4 Å². The number of carbonyl (C=O) groups is 2. The van der Waals surface area contributed by atoms with Gasteiger partial charge < -0.3 is 10.0 Å². The minimum atomic E-state index is -1.13. The summed E-state index contributed by atoms with van der Waals surface area (Å²) in [5.74, 6) is -1.37. The Bertz CT molecular complexity index is 404. The lowest BCUT2D eigenvalue weighted by atomic mass is 10.3. The summed E-state index contributed by atoms with van der Waals surface area (Å²) >= 11 is 1.18. The number of ketones is 1. The predicted molar refractivity (Wildman–Crippen MR) is 60.5 cm³/mol. The highest BCUT2D eigenvalue weighted by atomic mass is 32.1. The van der Waals surface area contributed by atoms with E-state index in [0.717, 1.165) is 25.9 Å². The zero-order valence-electron chi connectivity index (χ0n) is 8.89. The number of nitrogens with zero attached hydrogens (tertiary/aromatic N) is 2. The van der Waals surface area contributed by atoms with Crippen LogP contribution in [0.25, 0.3) is 0 Å². The highest BCUT2D eigenvalue weighted by Gasteiger charge is 2.24. The van der Waals surface area contributed by atoms with Gasteiger partial charge in [0.2, 0.25) is 0 Å². The number of rotatable bonds is 3. The van der Waals surface area contributed by atoms with Gasteiger partial charge in [0.1, 0.15) is 4.88 Å². The van der Waals surface area contributed by atoms with Crippen molar-refractivity contribution >= 4 is 28.2 Å². The number of hydrogen-bond donors (Lipinski definition) is 1. The molecule has 0 aromatic carbocycles. The van der Waals surface area contributed by atoms with Crippen LogP contribution in [0.5, 0.6) is 0 Å². The van der Waals surface area contributed by atoms with Gasteiger partial charge in [-0.05, 0) is 12.8 Å². The lowest BCUT2D eigenvalue weighted by molar-refractivity contribution is 0.0687. The van der Waals surface area contributed by atoms with Crippen molar-refractivity contribution in [1.82, 2.24) is 4.98 Å². The van der Waals surface area contributed by atoms with Crippen LogP contribution in [0, 0.1) is 0 Å². The van der Waals surface area contributed by atoms with Gasteiger partial charge in [-0.25, -0.2) is 9.78 Å². The van der Waals surface area contributed by atoms with Crippen LogP contribution in [0.15, 0.2) is 0 Å². The zero-order valence-corrected chi connectivity index (χ0v) is 9.71. The molecule has 86 valence electrons. The SMILES string of the molecule is CC(=O)c1sc(N2CCCC2)nc1C(=O)O. The molecule has 0 saturated carbocycles. The van der Waals surface area contributed by atoms with Crippen molar-refractivity contribution in [3.05, 3.63) is 10.6 Å². The average molecular weight is 240 g/mol. The van der Waals surface area contributed by atoms with Crippen molar-refractivity contribution in [2.75, 3.05) is 18.0 Å². The van der Waals surface area contributed by atoms with E-state index in [9.17, 15) is 9.59 Å². The Morgan fingerprint density at radius 2 is 2.00 bits per heavy atom. The van der Waals surface area contributed by atoms with E-state index < -0.39 is 5.97 Å². The number of thiazole rings is 1. The molecule has 0 unspecified atom stereocenters. The van der Waals surface area contributed by atoms with E-state index in [1.807, 2.05) is 4.90 Å². The molecule has 1 aromatic rings. The summed E-state index contributed by atoms with van der Waals surface area (Å²) in [5.41, 5.74) is -0.112. The first kappa shape index (κ1) is 11.1. The third-order valence-corrected chi connectivity index (χ3v) is 3.73. The van der Waals surface area contributed by atoms with Crippen LogP contribution in [0.3, 0.4) is 0 Å². The first-order chi connectivity index (χ1) is 7.59. The number of carboxylic acids is 1. The normalized spacial score (nSPS) is 15.4. The summed E-state index contributed by atoms with van der Waals surface area (Å²) in [5, 5.41) is 9.60. The summed E-state index contributed by atoms with van der Waals surface area (Å²) < 4.78 is 0. The maximum atomic E-state index is 11.3. The number of aromatic carboxylic acids is 1. The number of aromatic nitrogens is 1. The van der Waals surface area contributed by atoms with Gasteiger partial charge >= 0.3 is 5.97 Å². The van der Waals surface area contributed by atoms with E-state index in [1.54, 1.807) is 0 Å². The Kier molecular flexibility index (Phi) is 2.91. The first-order valence-electron chi connectivity index (χ1n) is 5.09. The fourth-order valence-corrected chi connectivity index (χ4v) is 2.74. The van der Waals surface area contributed by atoms with Gasteiger partial charge in [0.15, 0.2) is 16.6 Å². The van der Waals surface area contributed by atoms with Crippen LogP contribution in [-0.2, 0) is 0 Å². The minimum absolute atomic E-state index is 0.112. The fourth-order valence-electron chi connectivity index (χ4n) is 1.74. The molecule has 1 aliphatic heterocycles. The summed E-state index contributed by atoms with van der Waals surface area (Å²) in [7, 11) is 0. The Labute approximate surface area is 96.7 Å². The maximum absolute atomic E-state index is 11.3. The van der Waals surface area contributed by atoms with Crippen molar-refractivity contribution in [2.24, 2.45) is 0 Å². The van der Waals surface area contributed by atoms with Crippen LogP contribution >= 0.6 is 11.3 Å². The molecule has 1 saturated heterocycles. The van der Waals surface area contributed by atoms with Crippen molar-refractivity contribution in [3.63, 3.8) is 0 Å². The maximum Gasteiger partial charge on any atom is 0.356 e. The van der Waals surface area contributed by atoms with E-state index in [1.165, 1.54) is 18.3 Å². The molecule has 6 heteroatoms. The molecule has 0 radical (unpaired) electrons. The van der Waals surface area contributed by atoms with Crippen LogP contribution in [0.2, 0.25) is 0 Å². The molecule has 2 heterocycles. The third-order valence-electron chi connectivity index (χ3n) is 2.51. The highest BCUT2D eigenvalue weighted by molar-refractivity contribution is 7.17. The summed E-state index contributed by atoms with van der Waals surface area (Å²) in [6.45, 7) is 3.15. The number of hydrogen-bond acceptors (Lipinski definition) is 5. The predicted octanol–water partition coefficient (Wildman–Crippen LogP) is 1.64. The van der Waals surface area contributed by atoms with E-state index in [2.05, 4.69) is 4.98 Å². The van der Waals surface area contributed by atoms with Crippen LogP contribution in [0.4, 0.5) is 5.13 Å². The van der Waals surface area contributed by atoms with E-state index >= 15 is 0 Å². The molecule has 1 N–H and O–H groups in total. The van der Waals surface area contributed by atoms with Crippen LogP contribution in [-0.4, -0.2) is 34.9 Å². The van der Waals surface area contributed by atoms with Crippen molar-refractivity contribution in [1.29, 1.82) is 0 Å². The molecule has 1 fully saturated rings. The second-order valence-corrected chi connectivity index (χ2v) is 4.71. The van der Waals surface area contributed by atoms with Crippen LogP contribution in [0.1, 0.15) is 39.9 Å². The second kappa shape index (κ2) is 4.21. The van der Waals surface area contributed by atoms with Crippen molar-refractivity contribution < 1.29 is 14.7 Å². The molecule has 0 bridgehead atoms. The third kappa shape index (κ3) is 1.92. The Morgan fingerprint density at radius 1 is 1.38 bits per heavy atom. The Balaban J connectivity index is 2.37. The second-order valence-electron chi connectivity index (χ2n) is 3.73. The molecular weight excluding hydrogens is 228 g/mol. The van der Waals surface area contributed by atoms with E-state index in [0.29, 0.717) is 5.13 Å². The summed E-state index contributed by atoms with van der Waals surface area (Å²) in [6.07, 6.45) is 2.19. The molecule has 0 atom stereocenters. The molecule has 16 heavy (non-hydrogen) atoms. The lowest BCUT2D eigenvalue weighted by Gasteiger charge is -2.11. The van der Waals surface area contributed by atoms with Gasteiger partial charge in [-0.1, -0.05) is 11.3 Å². The largest absolute Gasteiger partial charge is 0.476 e. The van der Waals surface area contributed by atoms with Gasteiger partial charge in [0.05, 0.1) is 0 Å². The number of Topliss-reactive ketones (excluding diaryl/α,β-unsaturated/α-hetero) is 1. The monoisotopic (exact) mass is 240 g/mol. The average Bonchev–Trinajstić information content (AvgIpc) is 2.86. The van der Waals surface area contributed by atoms with Gasteiger partial charge in [-0.15, -0.1) is 0 Å². The summed E-state index contributed by atoms with van der Waals surface area (Å²) in [4.78, 5) is 28.5. The molecule has 1 aromatic heterocycles. The molecule has 0 aliphatic carbocycles. The molecule has 2 rings (SSSR count). The van der Waals surface area contributed by atoms with Crippen molar-refractivity contribution in [2.45, 2.75) is 19.8 Å². The molecular formula is C10H12N2O3S. The van der Waals surface area contributed by atoms with Gasteiger partial charge in [-0.3, -0.25) is 4.79 Å². The van der Waals surface area contributed by atoms with Crippen molar-refractivity contribution in [3.8, 4) is 0 Å². The number of carboxylic acid groups (broad SMARTS) is 1. The van der Waals surface area contributed by atoms with Crippen LogP contribution < -0.4 is 4.90 Å². The Morgan fingerprint density at radius 3 is 2.44 bits per heavy atom. The highest BCUT2D eigenvalue weighted by Crippen LogP contribution is 2.29. The molecule has 0 spiro atoms. The smallest absolute Gasteiger partial charge is 0.356 e. The van der Waals surface area contributed by atoms with E-state index in [4.69, 9.17) is 5.11 Å².